The minimum Gasteiger partial charge on any atom is -0.357 e. The molecule has 2 aromatic carbocycles. The second-order valence-corrected chi connectivity index (χ2v) is 9.24. The van der Waals surface area contributed by atoms with Gasteiger partial charge in [-0.15, -0.1) is 0 Å². The Balaban J connectivity index is 1.84. The maximum Gasteiger partial charge on any atom is 0.175 e. The number of rotatable bonds is 5. The van der Waals surface area contributed by atoms with Crippen LogP contribution in [-0.4, -0.2) is 29.3 Å². The third kappa shape index (κ3) is 4.00. The summed E-state index contributed by atoms with van der Waals surface area (Å²) in [6.07, 6.45) is 4.72. The van der Waals surface area contributed by atoms with E-state index < -0.39 is 9.84 Å². The van der Waals surface area contributed by atoms with Gasteiger partial charge in [-0.3, -0.25) is 0 Å². The van der Waals surface area contributed by atoms with E-state index in [4.69, 9.17) is 0 Å². The lowest BCUT2D eigenvalue weighted by molar-refractivity contribution is 0.601. The largest absolute Gasteiger partial charge is 0.357 e. The molecule has 0 radical (unpaired) electrons. The van der Waals surface area contributed by atoms with E-state index in [0.29, 0.717) is 10.7 Å². The van der Waals surface area contributed by atoms with Crippen molar-refractivity contribution in [2.45, 2.75) is 24.8 Å². The van der Waals surface area contributed by atoms with Crippen molar-refractivity contribution in [1.82, 2.24) is 14.6 Å². The first-order valence-electron chi connectivity index (χ1n) is 9.25. The minimum atomic E-state index is -3.31. The van der Waals surface area contributed by atoms with Crippen molar-refractivity contribution in [1.29, 1.82) is 0 Å². The Bertz CT molecular complexity index is 1280. The first kappa shape index (κ1) is 19.1. The number of sulfone groups is 1. The van der Waals surface area contributed by atoms with Crippen molar-refractivity contribution in [3.8, 4) is 0 Å². The normalized spacial score (nSPS) is 12.8. The molecular weight excluding hydrogens is 384 g/mol. The Morgan fingerprint density at radius 3 is 2.48 bits per heavy atom. The number of fused-ring (bicyclic) bond motifs is 1. The molecule has 29 heavy (non-hydrogen) atoms. The van der Waals surface area contributed by atoms with Crippen molar-refractivity contribution >= 4 is 21.2 Å². The number of nitrogens with one attached hydrogen (secondary N) is 1. The van der Waals surface area contributed by atoms with Crippen LogP contribution in [0.5, 0.6) is 0 Å². The predicted molar refractivity (Wildman–Crippen MR) is 114 cm³/mol. The zero-order valence-electron chi connectivity index (χ0n) is 16.5. The Kier molecular flexibility index (Phi) is 4.84. The van der Waals surface area contributed by atoms with E-state index in [2.05, 4.69) is 15.4 Å². The van der Waals surface area contributed by atoms with E-state index in [1.54, 1.807) is 35.1 Å². The van der Waals surface area contributed by atoms with Crippen molar-refractivity contribution < 1.29 is 8.42 Å². The Hall–Kier alpha value is -3.19. The molecule has 4 aromatic rings. The number of hydrogen-bond donors (Lipinski definition) is 1. The molecule has 0 saturated heterocycles. The molecule has 7 heteroatoms. The second-order valence-electron chi connectivity index (χ2n) is 7.22. The van der Waals surface area contributed by atoms with Crippen LogP contribution in [-0.2, 0) is 9.84 Å². The van der Waals surface area contributed by atoms with Crippen LogP contribution in [0.2, 0.25) is 0 Å². The van der Waals surface area contributed by atoms with Gasteiger partial charge >= 0.3 is 0 Å². The fourth-order valence-electron chi connectivity index (χ4n) is 3.34. The number of hydrogen-bond acceptors (Lipinski definition) is 5. The molecule has 0 spiro atoms. The summed E-state index contributed by atoms with van der Waals surface area (Å²) in [4.78, 5) is 4.80. The monoisotopic (exact) mass is 406 g/mol. The van der Waals surface area contributed by atoms with Crippen LogP contribution < -0.4 is 5.32 Å². The van der Waals surface area contributed by atoms with Gasteiger partial charge < -0.3 is 5.32 Å². The van der Waals surface area contributed by atoms with E-state index in [-0.39, 0.29) is 6.04 Å². The Labute approximate surface area is 170 Å². The second kappa shape index (κ2) is 7.33. The molecule has 148 valence electrons. The maximum absolute atomic E-state index is 12.1. The van der Waals surface area contributed by atoms with Crippen molar-refractivity contribution in [2.24, 2.45) is 0 Å². The van der Waals surface area contributed by atoms with Gasteiger partial charge in [-0.1, -0.05) is 42.0 Å². The minimum absolute atomic E-state index is 0.272. The van der Waals surface area contributed by atoms with E-state index >= 15 is 0 Å². The standard InChI is InChI=1S/C22H22N4O2S/c1-15-7-9-17(10-8-15)21(18-5-4-6-19(14-18)29(3,27)28)24-22-20-13-16(2)25-26(20)12-11-23-22/h4-14,21H,1-3H3,(H,23,24). The summed E-state index contributed by atoms with van der Waals surface area (Å²) in [6, 6.07) is 16.9. The number of nitrogens with zero attached hydrogens (tertiary/aromatic N) is 3. The van der Waals surface area contributed by atoms with Crippen LogP contribution in [0.15, 0.2) is 71.9 Å². The molecule has 0 fully saturated rings. The van der Waals surface area contributed by atoms with E-state index in [1.165, 1.54) is 6.26 Å². The number of benzene rings is 2. The summed E-state index contributed by atoms with van der Waals surface area (Å²) in [5, 5.41) is 7.94. The highest BCUT2D eigenvalue weighted by Crippen LogP contribution is 2.29. The molecule has 0 amide bonds. The molecule has 0 saturated carbocycles. The van der Waals surface area contributed by atoms with Gasteiger partial charge in [-0.2, -0.15) is 5.10 Å². The molecule has 0 aliphatic carbocycles. The molecule has 6 nitrogen and oxygen atoms in total. The molecule has 1 atom stereocenters. The lowest BCUT2D eigenvalue weighted by Gasteiger charge is -2.21. The fourth-order valence-corrected chi connectivity index (χ4v) is 4.01. The van der Waals surface area contributed by atoms with Gasteiger partial charge in [0.25, 0.3) is 0 Å². The maximum atomic E-state index is 12.1. The topological polar surface area (TPSA) is 76.4 Å². The third-order valence-corrected chi connectivity index (χ3v) is 5.93. The zero-order valence-corrected chi connectivity index (χ0v) is 17.3. The highest BCUT2D eigenvalue weighted by molar-refractivity contribution is 7.90. The summed E-state index contributed by atoms with van der Waals surface area (Å²) in [5.41, 5.74) is 4.77. The molecule has 1 unspecified atom stereocenters. The molecule has 0 aliphatic heterocycles. The SMILES string of the molecule is Cc1ccc(C(Nc2nccn3nc(C)cc23)c2cccc(S(C)(=O)=O)c2)cc1. The van der Waals surface area contributed by atoms with Crippen LogP contribution in [0.1, 0.15) is 28.4 Å². The van der Waals surface area contributed by atoms with Gasteiger partial charge in [0, 0.05) is 18.6 Å². The summed E-state index contributed by atoms with van der Waals surface area (Å²) in [5.74, 6) is 0.684. The summed E-state index contributed by atoms with van der Waals surface area (Å²) in [6.45, 7) is 3.97. The molecule has 0 bridgehead atoms. The number of aryl methyl sites for hydroxylation is 2. The fraction of sp³-hybridized carbons (Fsp3) is 0.182. The predicted octanol–water partition coefficient (Wildman–Crippen LogP) is 3.95. The zero-order chi connectivity index (χ0) is 20.6. The lowest BCUT2D eigenvalue weighted by atomic mass is 9.97. The molecule has 2 heterocycles. The van der Waals surface area contributed by atoms with Crippen LogP contribution >= 0.6 is 0 Å². The van der Waals surface area contributed by atoms with Gasteiger partial charge in [0.15, 0.2) is 15.7 Å². The first-order chi connectivity index (χ1) is 13.8. The lowest BCUT2D eigenvalue weighted by Crippen LogP contribution is -2.15. The molecule has 0 aliphatic rings. The smallest absolute Gasteiger partial charge is 0.175 e. The van der Waals surface area contributed by atoms with Crippen LogP contribution in [0, 0.1) is 13.8 Å². The van der Waals surface area contributed by atoms with E-state index in [1.807, 2.05) is 50.2 Å². The number of aromatic nitrogens is 3. The average molecular weight is 407 g/mol. The quantitative estimate of drug-likeness (QED) is 0.543. The Morgan fingerprint density at radius 1 is 1.00 bits per heavy atom. The van der Waals surface area contributed by atoms with Crippen molar-refractivity contribution in [3.05, 3.63) is 89.4 Å². The highest BCUT2D eigenvalue weighted by atomic mass is 32.2. The molecule has 2 aromatic heterocycles. The van der Waals surface area contributed by atoms with Crippen molar-refractivity contribution in [2.75, 3.05) is 11.6 Å². The molecular formula is C22H22N4O2S. The van der Waals surface area contributed by atoms with Gasteiger partial charge in [0.2, 0.25) is 0 Å². The average Bonchev–Trinajstić information content (AvgIpc) is 3.07. The van der Waals surface area contributed by atoms with Crippen LogP contribution in [0.25, 0.3) is 5.52 Å². The number of anilines is 1. The van der Waals surface area contributed by atoms with Gasteiger partial charge in [0.05, 0.1) is 16.6 Å². The first-order valence-corrected chi connectivity index (χ1v) is 11.1. The van der Waals surface area contributed by atoms with Gasteiger partial charge in [-0.25, -0.2) is 17.9 Å². The van der Waals surface area contributed by atoms with Crippen LogP contribution in [0.3, 0.4) is 0 Å². The van der Waals surface area contributed by atoms with Gasteiger partial charge in [-0.05, 0) is 43.2 Å². The van der Waals surface area contributed by atoms with E-state index in [9.17, 15) is 8.42 Å². The molecule has 1 N–H and O–H groups in total. The summed E-state index contributed by atoms with van der Waals surface area (Å²) < 4.78 is 25.9. The molecule has 4 rings (SSSR count). The van der Waals surface area contributed by atoms with Crippen molar-refractivity contribution in [3.63, 3.8) is 0 Å². The van der Waals surface area contributed by atoms with Gasteiger partial charge in [0.1, 0.15) is 5.52 Å². The van der Waals surface area contributed by atoms with E-state index in [0.717, 1.165) is 27.9 Å². The Morgan fingerprint density at radius 2 is 1.76 bits per heavy atom. The summed E-state index contributed by atoms with van der Waals surface area (Å²) in [7, 11) is -3.31. The van der Waals surface area contributed by atoms with Crippen LogP contribution in [0.4, 0.5) is 5.82 Å². The highest BCUT2D eigenvalue weighted by Gasteiger charge is 2.19. The third-order valence-electron chi connectivity index (χ3n) is 4.82. The summed E-state index contributed by atoms with van der Waals surface area (Å²) >= 11 is 0.